The molecule has 0 radical (unpaired) electrons. The summed E-state index contributed by atoms with van der Waals surface area (Å²) in [5.41, 5.74) is 6.09. The number of hydrogen-bond acceptors (Lipinski definition) is 4. The Kier molecular flexibility index (Phi) is 3.69. The van der Waals surface area contributed by atoms with Gasteiger partial charge in [-0.05, 0) is 44.2 Å². The average Bonchev–Trinajstić information content (AvgIpc) is 3.23. The van der Waals surface area contributed by atoms with Gasteiger partial charge < -0.3 is 13.8 Å². The summed E-state index contributed by atoms with van der Waals surface area (Å²) >= 11 is 0. The number of rotatable bonds is 3. The molecule has 0 aliphatic carbocycles. The highest BCUT2D eigenvalue weighted by atomic mass is 16.5. The summed E-state index contributed by atoms with van der Waals surface area (Å²) in [6.45, 7) is 3.88. The van der Waals surface area contributed by atoms with Crippen molar-refractivity contribution >= 4 is 21.8 Å². The van der Waals surface area contributed by atoms with E-state index >= 15 is 0 Å². The Morgan fingerprint density at radius 2 is 1.79 bits per heavy atom. The van der Waals surface area contributed by atoms with Gasteiger partial charge in [-0.1, -0.05) is 23.4 Å². The second kappa shape index (κ2) is 6.23. The molecule has 0 unspecified atom stereocenters. The summed E-state index contributed by atoms with van der Waals surface area (Å²) in [5, 5.41) is 6.31. The summed E-state index contributed by atoms with van der Waals surface area (Å²) in [6, 6.07) is 16.6. The zero-order valence-corrected chi connectivity index (χ0v) is 15.9. The van der Waals surface area contributed by atoms with Crippen LogP contribution in [0.5, 0.6) is 5.75 Å². The van der Waals surface area contributed by atoms with Crippen molar-refractivity contribution in [3.05, 3.63) is 72.4 Å². The lowest BCUT2D eigenvalue weighted by Crippen LogP contribution is -1.95. The fourth-order valence-electron chi connectivity index (χ4n) is 3.98. The van der Waals surface area contributed by atoms with Crippen LogP contribution in [0.3, 0.4) is 0 Å². The van der Waals surface area contributed by atoms with Crippen molar-refractivity contribution in [1.29, 1.82) is 0 Å². The maximum Gasteiger partial charge on any atom is 0.141 e. The Morgan fingerprint density at radius 1 is 0.964 bits per heavy atom. The fourth-order valence-corrected chi connectivity index (χ4v) is 3.98. The van der Waals surface area contributed by atoms with Crippen LogP contribution in [0.2, 0.25) is 0 Å². The smallest absolute Gasteiger partial charge is 0.141 e. The van der Waals surface area contributed by atoms with Crippen LogP contribution >= 0.6 is 0 Å². The molecule has 0 atom stereocenters. The van der Waals surface area contributed by atoms with Crippen molar-refractivity contribution in [2.45, 2.75) is 13.8 Å². The van der Waals surface area contributed by atoms with Gasteiger partial charge in [0.2, 0.25) is 0 Å². The molecule has 0 aliphatic rings. The van der Waals surface area contributed by atoms with Gasteiger partial charge in [0.15, 0.2) is 0 Å². The van der Waals surface area contributed by atoms with E-state index in [1.165, 1.54) is 0 Å². The van der Waals surface area contributed by atoms with Crippen molar-refractivity contribution in [2.75, 3.05) is 7.11 Å². The molecule has 0 N–H and O–H groups in total. The first kappa shape index (κ1) is 16.6. The molecular formula is C23H19N3O2. The average molecular weight is 369 g/mol. The highest BCUT2D eigenvalue weighted by Crippen LogP contribution is 2.41. The van der Waals surface area contributed by atoms with Crippen LogP contribution in [0.25, 0.3) is 38.6 Å². The number of pyridine rings is 1. The highest BCUT2D eigenvalue weighted by molar-refractivity contribution is 6.10. The van der Waals surface area contributed by atoms with Gasteiger partial charge >= 0.3 is 0 Å². The van der Waals surface area contributed by atoms with Gasteiger partial charge in [-0.25, -0.2) is 0 Å². The van der Waals surface area contributed by atoms with E-state index in [1.54, 1.807) is 7.11 Å². The Labute approximate surface area is 162 Å². The number of methoxy groups -OCH3 is 1. The number of benzene rings is 2. The molecule has 28 heavy (non-hydrogen) atoms. The first-order chi connectivity index (χ1) is 13.7. The third kappa shape index (κ3) is 2.33. The van der Waals surface area contributed by atoms with Gasteiger partial charge in [-0.15, -0.1) is 0 Å². The third-order valence-electron chi connectivity index (χ3n) is 5.20. The van der Waals surface area contributed by atoms with Crippen LogP contribution in [0.1, 0.15) is 11.5 Å². The summed E-state index contributed by atoms with van der Waals surface area (Å²) in [4.78, 5) is 4.35. The number of fused-ring (bicyclic) bond motifs is 3. The predicted octanol–water partition coefficient (Wildman–Crippen LogP) is 5.46. The number of aryl methyl sites for hydroxylation is 2. The van der Waals surface area contributed by atoms with Crippen LogP contribution in [0.15, 0.2) is 65.4 Å². The summed E-state index contributed by atoms with van der Waals surface area (Å²) < 4.78 is 13.4. The highest BCUT2D eigenvalue weighted by Gasteiger charge is 2.20. The molecule has 5 aromatic rings. The van der Waals surface area contributed by atoms with Crippen LogP contribution in [-0.2, 0) is 0 Å². The van der Waals surface area contributed by atoms with Crippen LogP contribution in [0.4, 0.5) is 0 Å². The van der Waals surface area contributed by atoms with E-state index in [2.05, 4.69) is 39.0 Å². The second-order valence-corrected chi connectivity index (χ2v) is 6.83. The first-order valence-electron chi connectivity index (χ1n) is 9.14. The number of para-hydroxylation sites is 1. The minimum Gasteiger partial charge on any atom is -0.496 e. The summed E-state index contributed by atoms with van der Waals surface area (Å²) in [7, 11) is 1.69. The fraction of sp³-hybridized carbons (Fsp3) is 0.130. The van der Waals surface area contributed by atoms with Crippen LogP contribution in [-0.4, -0.2) is 21.8 Å². The van der Waals surface area contributed by atoms with E-state index in [4.69, 9.17) is 9.26 Å². The Bertz CT molecular complexity index is 1300. The van der Waals surface area contributed by atoms with Crippen LogP contribution < -0.4 is 4.74 Å². The minimum absolute atomic E-state index is 0.777. The normalized spacial score (nSPS) is 11.4. The molecule has 5 heteroatoms. The van der Waals surface area contributed by atoms with Gasteiger partial charge in [0.25, 0.3) is 0 Å². The number of ether oxygens (including phenoxy) is 1. The molecule has 0 saturated carbocycles. The van der Waals surface area contributed by atoms with Gasteiger partial charge in [0.05, 0.1) is 29.4 Å². The van der Waals surface area contributed by atoms with Crippen molar-refractivity contribution in [3.63, 3.8) is 0 Å². The summed E-state index contributed by atoms with van der Waals surface area (Å²) in [6.07, 6.45) is 3.74. The first-order valence-corrected chi connectivity index (χ1v) is 9.14. The quantitative estimate of drug-likeness (QED) is 0.424. The SMILES string of the molecule is COc1cc2c3cnccc3n(-c3ccccc3)c2cc1-c1c(C)noc1C. The number of hydrogen-bond donors (Lipinski definition) is 0. The third-order valence-corrected chi connectivity index (χ3v) is 5.20. The van der Waals surface area contributed by atoms with E-state index in [0.717, 1.165) is 55.8 Å². The van der Waals surface area contributed by atoms with Gasteiger partial charge in [0.1, 0.15) is 11.5 Å². The monoisotopic (exact) mass is 369 g/mol. The molecule has 0 fully saturated rings. The zero-order valence-electron chi connectivity index (χ0n) is 15.9. The molecule has 0 spiro atoms. The maximum atomic E-state index is 5.75. The summed E-state index contributed by atoms with van der Waals surface area (Å²) in [5.74, 6) is 1.57. The standard InChI is InChI=1S/C23H19N3O2/c1-14-23(15(2)28-25-14)18-11-21-17(12-22(18)27-3)19-13-24-10-9-20(19)26(21)16-7-5-4-6-8-16/h4-13H,1-3H3. The van der Waals surface area contributed by atoms with E-state index in [9.17, 15) is 0 Å². The Balaban J connectivity index is 1.95. The lowest BCUT2D eigenvalue weighted by Gasteiger charge is -2.11. The van der Waals surface area contributed by atoms with Gasteiger partial charge in [-0.2, -0.15) is 0 Å². The molecule has 5 rings (SSSR count). The lowest BCUT2D eigenvalue weighted by molar-refractivity contribution is 0.393. The topological polar surface area (TPSA) is 53.1 Å². The zero-order chi connectivity index (χ0) is 19.3. The van der Waals surface area contributed by atoms with Crippen molar-refractivity contribution < 1.29 is 9.26 Å². The molecule has 0 saturated heterocycles. The lowest BCUT2D eigenvalue weighted by atomic mass is 10.0. The molecule has 3 heterocycles. The Morgan fingerprint density at radius 3 is 2.50 bits per heavy atom. The second-order valence-electron chi connectivity index (χ2n) is 6.83. The predicted molar refractivity (Wildman–Crippen MR) is 110 cm³/mol. The minimum atomic E-state index is 0.777. The molecule has 3 aromatic heterocycles. The van der Waals surface area contributed by atoms with E-state index < -0.39 is 0 Å². The van der Waals surface area contributed by atoms with Gasteiger partial charge in [-0.3, -0.25) is 4.98 Å². The molecular weight excluding hydrogens is 350 g/mol. The largest absolute Gasteiger partial charge is 0.496 e. The van der Waals surface area contributed by atoms with Crippen molar-refractivity contribution in [1.82, 2.24) is 14.7 Å². The molecule has 0 bridgehead atoms. The number of nitrogens with zero attached hydrogens (tertiary/aromatic N) is 3. The molecule has 138 valence electrons. The van der Waals surface area contributed by atoms with E-state index in [0.29, 0.717) is 0 Å². The molecule has 0 amide bonds. The van der Waals surface area contributed by atoms with Crippen molar-refractivity contribution in [3.8, 4) is 22.6 Å². The van der Waals surface area contributed by atoms with Gasteiger partial charge in [0, 0.05) is 34.4 Å². The maximum absolute atomic E-state index is 5.75. The van der Waals surface area contributed by atoms with Crippen LogP contribution in [0, 0.1) is 13.8 Å². The van der Waals surface area contributed by atoms with E-state index in [-0.39, 0.29) is 0 Å². The molecule has 0 aliphatic heterocycles. The number of aromatic nitrogens is 3. The Hall–Kier alpha value is -3.60. The molecule has 5 nitrogen and oxygen atoms in total. The molecule has 2 aromatic carbocycles. The van der Waals surface area contributed by atoms with E-state index in [1.807, 2.05) is 50.5 Å². The van der Waals surface area contributed by atoms with Crippen molar-refractivity contribution in [2.24, 2.45) is 0 Å².